The fourth-order valence-corrected chi connectivity index (χ4v) is 2.80. The largest absolute Gasteiger partial charge is 0.255 e. The van der Waals surface area contributed by atoms with E-state index in [1.54, 1.807) is 23.0 Å². The van der Waals surface area contributed by atoms with Crippen LogP contribution in [0.1, 0.15) is 13.8 Å². The van der Waals surface area contributed by atoms with Crippen molar-refractivity contribution in [2.75, 3.05) is 11.5 Å². The molecule has 0 heterocycles. The zero-order valence-corrected chi connectivity index (χ0v) is 8.99. The minimum Gasteiger partial charge on any atom is -0.255 e. The molecule has 0 amide bonds. The fraction of sp³-hybridized carbons (Fsp3) is 0.500. The van der Waals surface area contributed by atoms with Crippen LogP contribution in [0, 0.1) is 0 Å². The highest BCUT2D eigenvalue weighted by Gasteiger charge is 1.97. The standard InChI is InChI=1S/C8H14O2S2/c1-3-5-11(9)7-8-12(10)6-4-2/h3-6H,7-8H2,1-2H3. The van der Waals surface area contributed by atoms with Gasteiger partial charge in [-0.3, -0.25) is 8.42 Å². The molecule has 0 rings (SSSR count). The second-order valence-electron chi connectivity index (χ2n) is 2.11. The lowest BCUT2D eigenvalue weighted by Gasteiger charge is -1.93. The van der Waals surface area contributed by atoms with Gasteiger partial charge in [0, 0.05) is 33.1 Å². The summed E-state index contributed by atoms with van der Waals surface area (Å²) in [6, 6.07) is 0. The van der Waals surface area contributed by atoms with Crippen LogP contribution < -0.4 is 0 Å². The van der Waals surface area contributed by atoms with Crippen LogP contribution in [0.3, 0.4) is 0 Å². The Bertz CT molecular complexity index is 195. The molecule has 0 aliphatic heterocycles. The van der Waals surface area contributed by atoms with Crippen molar-refractivity contribution in [2.24, 2.45) is 0 Å². The van der Waals surface area contributed by atoms with Crippen molar-refractivity contribution in [3.8, 4) is 0 Å². The third kappa shape index (κ3) is 6.49. The van der Waals surface area contributed by atoms with Crippen LogP contribution in [-0.2, 0) is 21.6 Å². The van der Waals surface area contributed by atoms with Crippen molar-refractivity contribution >= 4 is 21.6 Å². The van der Waals surface area contributed by atoms with Gasteiger partial charge in [-0.05, 0) is 24.7 Å². The number of allylic oxidation sites excluding steroid dienone is 2. The maximum Gasteiger partial charge on any atom is 0.0462 e. The minimum atomic E-state index is -0.952. The average molecular weight is 206 g/mol. The Hall–Kier alpha value is -0.220. The molecule has 0 fully saturated rings. The first-order chi connectivity index (χ1) is 5.70. The summed E-state index contributed by atoms with van der Waals surface area (Å²) in [5, 5.41) is 3.24. The topological polar surface area (TPSA) is 34.1 Å². The van der Waals surface area contributed by atoms with Crippen LogP contribution in [0.25, 0.3) is 0 Å². The summed E-state index contributed by atoms with van der Waals surface area (Å²) in [5.74, 6) is 0.947. The second kappa shape index (κ2) is 7.43. The van der Waals surface area contributed by atoms with E-state index in [9.17, 15) is 8.42 Å². The molecule has 12 heavy (non-hydrogen) atoms. The van der Waals surface area contributed by atoms with E-state index in [1.807, 2.05) is 13.8 Å². The van der Waals surface area contributed by atoms with Gasteiger partial charge in [0.1, 0.15) is 0 Å². The highest BCUT2D eigenvalue weighted by Crippen LogP contribution is 1.90. The zero-order valence-electron chi connectivity index (χ0n) is 7.36. The lowest BCUT2D eigenvalue weighted by molar-refractivity contribution is 0.683. The molecule has 2 unspecified atom stereocenters. The lowest BCUT2D eigenvalue weighted by Crippen LogP contribution is -2.03. The van der Waals surface area contributed by atoms with Gasteiger partial charge in [-0.1, -0.05) is 12.2 Å². The average Bonchev–Trinajstić information content (AvgIpc) is 2.02. The molecular formula is C8H14O2S2. The van der Waals surface area contributed by atoms with Crippen LogP contribution >= 0.6 is 0 Å². The van der Waals surface area contributed by atoms with E-state index in [-0.39, 0.29) is 0 Å². The van der Waals surface area contributed by atoms with Crippen LogP contribution in [0.15, 0.2) is 23.0 Å². The smallest absolute Gasteiger partial charge is 0.0462 e. The molecule has 0 aromatic carbocycles. The van der Waals surface area contributed by atoms with E-state index in [1.165, 1.54) is 0 Å². The van der Waals surface area contributed by atoms with Gasteiger partial charge < -0.3 is 0 Å². The number of hydrogen-bond donors (Lipinski definition) is 0. The summed E-state index contributed by atoms with van der Waals surface area (Å²) in [6.07, 6.45) is 3.49. The van der Waals surface area contributed by atoms with Gasteiger partial charge in [-0.25, -0.2) is 0 Å². The van der Waals surface area contributed by atoms with Gasteiger partial charge in [0.25, 0.3) is 0 Å². The van der Waals surface area contributed by atoms with Gasteiger partial charge in [-0.15, -0.1) is 0 Å². The Morgan fingerprint density at radius 2 is 1.25 bits per heavy atom. The predicted molar refractivity (Wildman–Crippen MR) is 55.6 cm³/mol. The van der Waals surface area contributed by atoms with Crippen molar-refractivity contribution < 1.29 is 8.42 Å². The second-order valence-corrected chi connectivity index (χ2v) is 4.99. The highest BCUT2D eigenvalue weighted by atomic mass is 32.2. The van der Waals surface area contributed by atoms with Crippen molar-refractivity contribution in [1.29, 1.82) is 0 Å². The van der Waals surface area contributed by atoms with Crippen LogP contribution in [0.2, 0.25) is 0 Å². The van der Waals surface area contributed by atoms with Crippen LogP contribution in [0.4, 0.5) is 0 Å². The number of rotatable bonds is 5. The van der Waals surface area contributed by atoms with Gasteiger partial charge in [0.05, 0.1) is 0 Å². The molecule has 0 aliphatic rings. The lowest BCUT2D eigenvalue weighted by atomic mass is 10.8. The molecule has 0 saturated heterocycles. The zero-order chi connectivity index (χ0) is 9.40. The molecule has 2 atom stereocenters. The molecule has 0 radical (unpaired) electrons. The summed E-state index contributed by atoms with van der Waals surface area (Å²) >= 11 is 0. The summed E-state index contributed by atoms with van der Waals surface area (Å²) in [4.78, 5) is 0. The van der Waals surface area contributed by atoms with Crippen molar-refractivity contribution in [1.82, 2.24) is 0 Å². The Kier molecular flexibility index (Phi) is 7.29. The van der Waals surface area contributed by atoms with Crippen molar-refractivity contribution in [3.63, 3.8) is 0 Å². The summed E-state index contributed by atoms with van der Waals surface area (Å²) < 4.78 is 22.0. The predicted octanol–water partition coefficient (Wildman–Crippen LogP) is 1.55. The quantitative estimate of drug-likeness (QED) is 0.684. The molecule has 0 aromatic rings. The molecule has 0 spiro atoms. The molecule has 0 aromatic heterocycles. The summed E-state index contributed by atoms with van der Waals surface area (Å²) in [7, 11) is -1.90. The molecule has 70 valence electrons. The van der Waals surface area contributed by atoms with Gasteiger partial charge in [0.2, 0.25) is 0 Å². The van der Waals surface area contributed by atoms with Gasteiger partial charge in [0.15, 0.2) is 0 Å². The van der Waals surface area contributed by atoms with Crippen LogP contribution in [0.5, 0.6) is 0 Å². The molecule has 0 saturated carbocycles. The molecule has 0 aliphatic carbocycles. The first kappa shape index (κ1) is 11.8. The van der Waals surface area contributed by atoms with E-state index < -0.39 is 21.6 Å². The van der Waals surface area contributed by atoms with E-state index in [4.69, 9.17) is 0 Å². The highest BCUT2D eigenvalue weighted by molar-refractivity contribution is 7.91. The Balaban J connectivity index is 3.68. The molecule has 0 N–H and O–H groups in total. The Morgan fingerprint density at radius 3 is 1.50 bits per heavy atom. The van der Waals surface area contributed by atoms with Crippen molar-refractivity contribution in [2.45, 2.75) is 13.8 Å². The molecular weight excluding hydrogens is 192 g/mol. The van der Waals surface area contributed by atoms with E-state index in [2.05, 4.69) is 0 Å². The van der Waals surface area contributed by atoms with Gasteiger partial charge >= 0.3 is 0 Å². The van der Waals surface area contributed by atoms with Crippen molar-refractivity contribution in [3.05, 3.63) is 23.0 Å². The van der Waals surface area contributed by atoms with E-state index >= 15 is 0 Å². The number of hydrogen-bond acceptors (Lipinski definition) is 2. The monoisotopic (exact) mass is 206 g/mol. The summed E-state index contributed by atoms with van der Waals surface area (Å²) in [5.41, 5.74) is 0. The normalized spacial score (nSPS) is 17.2. The SMILES string of the molecule is CC=CS(=O)CCS(=O)C=CC. The molecule has 0 bridgehead atoms. The maximum absolute atomic E-state index is 11.0. The molecule has 2 nitrogen and oxygen atoms in total. The van der Waals surface area contributed by atoms with E-state index in [0.29, 0.717) is 11.5 Å². The Morgan fingerprint density at radius 1 is 0.917 bits per heavy atom. The first-order valence-corrected chi connectivity index (χ1v) is 6.47. The van der Waals surface area contributed by atoms with Gasteiger partial charge in [-0.2, -0.15) is 0 Å². The first-order valence-electron chi connectivity index (χ1n) is 3.70. The maximum atomic E-state index is 11.0. The minimum absolute atomic E-state index is 0.474. The molecule has 4 heteroatoms. The summed E-state index contributed by atoms with van der Waals surface area (Å²) in [6.45, 7) is 3.64. The van der Waals surface area contributed by atoms with Crippen LogP contribution in [-0.4, -0.2) is 19.9 Å². The third-order valence-corrected chi connectivity index (χ3v) is 3.68. The fourth-order valence-electron chi connectivity index (χ4n) is 0.604. The van der Waals surface area contributed by atoms with E-state index in [0.717, 1.165) is 0 Å². The third-order valence-electron chi connectivity index (χ3n) is 1.06. The Labute approximate surface area is 78.7 Å².